The molecule has 1 unspecified atom stereocenters. The topological polar surface area (TPSA) is 96.7 Å². The van der Waals surface area contributed by atoms with Crippen molar-refractivity contribution in [1.29, 1.82) is 0 Å². The van der Waals surface area contributed by atoms with Gasteiger partial charge in [-0.1, -0.05) is 24.3 Å². The molecule has 0 radical (unpaired) electrons. The first kappa shape index (κ1) is 21.6. The van der Waals surface area contributed by atoms with Crippen LogP contribution >= 0.6 is 0 Å². The van der Waals surface area contributed by atoms with Crippen molar-refractivity contribution >= 4 is 12.1 Å². The summed E-state index contributed by atoms with van der Waals surface area (Å²) >= 11 is 0. The fraction of sp³-hybridized carbons (Fsp3) is 0.524. The zero-order valence-electron chi connectivity index (χ0n) is 18.1. The summed E-state index contributed by atoms with van der Waals surface area (Å²) in [5.41, 5.74) is 1.83. The zero-order chi connectivity index (χ0) is 21.6. The van der Waals surface area contributed by atoms with E-state index in [0.29, 0.717) is 19.6 Å². The molecular formula is C21H31N7O2. The Balaban J connectivity index is 1.50. The van der Waals surface area contributed by atoms with E-state index in [2.05, 4.69) is 48.8 Å². The van der Waals surface area contributed by atoms with E-state index in [4.69, 9.17) is 4.74 Å². The van der Waals surface area contributed by atoms with Crippen molar-refractivity contribution in [2.24, 2.45) is 4.99 Å². The van der Waals surface area contributed by atoms with E-state index in [1.807, 2.05) is 26.8 Å². The van der Waals surface area contributed by atoms with Crippen LogP contribution in [0.2, 0.25) is 0 Å². The largest absolute Gasteiger partial charge is 0.444 e. The van der Waals surface area contributed by atoms with Crippen LogP contribution in [0.1, 0.15) is 38.3 Å². The Kier molecular flexibility index (Phi) is 6.91. The molecule has 30 heavy (non-hydrogen) atoms. The summed E-state index contributed by atoms with van der Waals surface area (Å²) in [5.74, 6) is 0.824. The number of nitrogens with zero attached hydrogens (tertiary/aromatic N) is 5. The third kappa shape index (κ3) is 6.47. The summed E-state index contributed by atoms with van der Waals surface area (Å²) in [4.78, 5) is 22.6. The molecule has 0 aliphatic carbocycles. The molecule has 9 heteroatoms. The molecule has 1 aromatic carbocycles. The van der Waals surface area contributed by atoms with Crippen LogP contribution in [0.25, 0.3) is 0 Å². The number of carbonyl (C=O) groups is 1. The van der Waals surface area contributed by atoms with Crippen LogP contribution in [0.15, 0.2) is 41.9 Å². The van der Waals surface area contributed by atoms with E-state index >= 15 is 0 Å². The predicted molar refractivity (Wildman–Crippen MR) is 115 cm³/mol. The molecule has 0 bridgehead atoms. The van der Waals surface area contributed by atoms with Gasteiger partial charge in [-0.25, -0.2) is 14.5 Å². The van der Waals surface area contributed by atoms with Crippen molar-refractivity contribution in [3.05, 3.63) is 48.0 Å². The lowest BCUT2D eigenvalue weighted by atomic mass is 10.1. The van der Waals surface area contributed by atoms with Crippen LogP contribution in [-0.2, 0) is 17.8 Å². The van der Waals surface area contributed by atoms with Gasteiger partial charge in [-0.05, 0) is 38.3 Å². The third-order valence-corrected chi connectivity index (χ3v) is 4.67. The molecule has 1 fully saturated rings. The Labute approximate surface area is 177 Å². The van der Waals surface area contributed by atoms with Crippen LogP contribution in [0, 0.1) is 0 Å². The molecule has 1 aliphatic rings. The van der Waals surface area contributed by atoms with E-state index < -0.39 is 5.60 Å². The van der Waals surface area contributed by atoms with E-state index in [-0.39, 0.29) is 12.1 Å². The lowest BCUT2D eigenvalue weighted by molar-refractivity contribution is 0.0507. The van der Waals surface area contributed by atoms with Gasteiger partial charge >= 0.3 is 6.09 Å². The number of hydrogen-bond donors (Lipinski definition) is 2. The van der Waals surface area contributed by atoms with Gasteiger partial charge in [0.25, 0.3) is 0 Å². The Bertz CT molecular complexity index is 858. The number of rotatable bonds is 5. The monoisotopic (exact) mass is 413 g/mol. The van der Waals surface area contributed by atoms with Crippen molar-refractivity contribution < 1.29 is 9.53 Å². The molecular weight excluding hydrogens is 382 g/mol. The first-order chi connectivity index (χ1) is 14.3. The highest BCUT2D eigenvalue weighted by molar-refractivity contribution is 5.80. The lowest BCUT2D eigenvalue weighted by Gasteiger charge is -2.23. The van der Waals surface area contributed by atoms with Crippen molar-refractivity contribution in [3.63, 3.8) is 0 Å². The van der Waals surface area contributed by atoms with Gasteiger partial charge in [-0.3, -0.25) is 4.99 Å². The second-order valence-electron chi connectivity index (χ2n) is 8.39. The number of carbonyl (C=O) groups excluding carboxylic acids is 1. The van der Waals surface area contributed by atoms with Gasteiger partial charge in [0.05, 0.1) is 12.6 Å². The molecule has 9 nitrogen and oxygen atoms in total. The summed E-state index contributed by atoms with van der Waals surface area (Å²) in [5, 5.41) is 10.5. The number of likely N-dealkylation sites (tertiary alicyclic amines) is 1. The summed E-state index contributed by atoms with van der Waals surface area (Å²) in [7, 11) is 1.78. The highest BCUT2D eigenvalue weighted by Gasteiger charge is 2.27. The van der Waals surface area contributed by atoms with Gasteiger partial charge in [0, 0.05) is 26.7 Å². The Morgan fingerprint density at radius 3 is 2.83 bits per heavy atom. The molecule has 2 aromatic rings. The minimum Gasteiger partial charge on any atom is -0.444 e. The van der Waals surface area contributed by atoms with Gasteiger partial charge in [0.15, 0.2) is 5.96 Å². The van der Waals surface area contributed by atoms with Crippen LogP contribution in [0.4, 0.5) is 4.79 Å². The number of alkyl carbamates (subject to hydrolysis) is 1. The van der Waals surface area contributed by atoms with Crippen molar-refractivity contribution in [2.45, 2.75) is 51.9 Å². The molecule has 2 N–H and O–H groups in total. The van der Waals surface area contributed by atoms with Crippen LogP contribution in [0.5, 0.6) is 0 Å². The number of amides is 1. The van der Waals surface area contributed by atoms with Gasteiger partial charge in [-0.15, -0.1) is 0 Å². The summed E-state index contributed by atoms with van der Waals surface area (Å²) < 4.78 is 7.15. The van der Waals surface area contributed by atoms with E-state index in [9.17, 15) is 4.79 Å². The third-order valence-electron chi connectivity index (χ3n) is 4.67. The molecule has 0 spiro atoms. The molecule has 2 heterocycles. The fourth-order valence-corrected chi connectivity index (χ4v) is 3.40. The number of nitrogens with one attached hydrogen (secondary N) is 2. The Morgan fingerprint density at radius 2 is 2.13 bits per heavy atom. The van der Waals surface area contributed by atoms with E-state index in [1.54, 1.807) is 18.1 Å². The SMILES string of the molecule is CN=C(NCc1cccc(Cn2cncn2)c1)N1CCC(NC(=O)OC(C)(C)C)C1. The standard InChI is InChI=1S/C21H31N7O2/c1-21(2,3)30-20(29)26-18-8-9-27(13-18)19(22-4)24-11-16-6-5-7-17(10-16)12-28-15-23-14-25-28/h5-7,10,14-15,18H,8-9,11-13H2,1-4H3,(H,22,24)(H,26,29). The minimum absolute atomic E-state index is 0.0457. The number of ether oxygens (including phenoxy) is 1. The van der Waals surface area contributed by atoms with Crippen molar-refractivity contribution in [3.8, 4) is 0 Å². The van der Waals surface area contributed by atoms with Gasteiger partial charge in [0.2, 0.25) is 0 Å². The lowest BCUT2D eigenvalue weighted by Crippen LogP contribution is -2.44. The molecule has 1 saturated heterocycles. The van der Waals surface area contributed by atoms with E-state index in [1.165, 1.54) is 6.33 Å². The van der Waals surface area contributed by atoms with Gasteiger partial charge in [-0.2, -0.15) is 5.10 Å². The Hall–Kier alpha value is -3.10. The molecule has 3 rings (SSSR count). The van der Waals surface area contributed by atoms with Crippen LogP contribution < -0.4 is 10.6 Å². The summed E-state index contributed by atoms with van der Waals surface area (Å²) in [6.45, 7) is 8.46. The second kappa shape index (κ2) is 9.60. The summed E-state index contributed by atoms with van der Waals surface area (Å²) in [6, 6.07) is 8.40. The quantitative estimate of drug-likeness (QED) is 0.575. The summed E-state index contributed by atoms with van der Waals surface area (Å²) in [6.07, 6.45) is 3.73. The number of aliphatic imine (C=N–C) groups is 1. The highest BCUT2D eigenvalue weighted by atomic mass is 16.6. The first-order valence-corrected chi connectivity index (χ1v) is 10.2. The second-order valence-corrected chi connectivity index (χ2v) is 8.39. The van der Waals surface area contributed by atoms with Crippen molar-refractivity contribution in [2.75, 3.05) is 20.1 Å². The molecule has 1 aliphatic heterocycles. The number of aromatic nitrogens is 3. The molecule has 1 atom stereocenters. The maximum absolute atomic E-state index is 12.0. The van der Waals surface area contributed by atoms with E-state index in [0.717, 1.165) is 30.1 Å². The average Bonchev–Trinajstić information content (AvgIpc) is 3.33. The maximum atomic E-state index is 12.0. The first-order valence-electron chi connectivity index (χ1n) is 10.2. The van der Waals surface area contributed by atoms with Crippen LogP contribution in [-0.4, -0.2) is 63.5 Å². The predicted octanol–water partition coefficient (Wildman–Crippen LogP) is 2.00. The number of guanidine groups is 1. The maximum Gasteiger partial charge on any atom is 0.407 e. The van der Waals surface area contributed by atoms with Crippen molar-refractivity contribution in [1.82, 2.24) is 30.3 Å². The zero-order valence-corrected chi connectivity index (χ0v) is 18.1. The minimum atomic E-state index is -0.498. The highest BCUT2D eigenvalue weighted by Crippen LogP contribution is 2.13. The molecule has 1 amide bonds. The van der Waals surface area contributed by atoms with Gasteiger partial charge in [0.1, 0.15) is 18.3 Å². The Morgan fingerprint density at radius 1 is 1.33 bits per heavy atom. The number of benzene rings is 1. The molecule has 1 aromatic heterocycles. The number of hydrogen-bond acceptors (Lipinski definition) is 5. The average molecular weight is 414 g/mol. The smallest absolute Gasteiger partial charge is 0.407 e. The van der Waals surface area contributed by atoms with Crippen LogP contribution in [0.3, 0.4) is 0 Å². The fourth-order valence-electron chi connectivity index (χ4n) is 3.40. The normalized spacial score (nSPS) is 17.1. The van der Waals surface area contributed by atoms with Gasteiger partial charge < -0.3 is 20.3 Å². The molecule has 0 saturated carbocycles. The molecule has 162 valence electrons.